The number of thiophene rings is 2. The minimum Gasteiger partial charge on any atom is -0.309 e. The first kappa shape index (κ1) is 26.7. The summed E-state index contributed by atoms with van der Waals surface area (Å²) in [5, 5.41) is 10.5. The van der Waals surface area contributed by atoms with Gasteiger partial charge in [0.2, 0.25) is 0 Å². The highest BCUT2D eigenvalue weighted by Crippen LogP contribution is 2.49. The molecule has 10 rings (SSSR count). The number of anilines is 3. The molecule has 0 unspecified atom stereocenters. The highest BCUT2D eigenvalue weighted by atomic mass is 32.1. The van der Waals surface area contributed by atoms with Crippen molar-refractivity contribution in [3.8, 4) is 11.1 Å². The van der Waals surface area contributed by atoms with Gasteiger partial charge in [0, 0.05) is 47.0 Å². The minimum atomic E-state index is 1.14. The van der Waals surface area contributed by atoms with Gasteiger partial charge >= 0.3 is 0 Å². The van der Waals surface area contributed by atoms with Crippen molar-refractivity contribution in [2.75, 3.05) is 4.90 Å². The third-order valence-electron chi connectivity index (χ3n) is 9.43. The molecular formula is C44H27NS2. The normalized spacial score (nSPS) is 11.8. The Hall–Kier alpha value is -5.48. The average molecular weight is 634 g/mol. The van der Waals surface area contributed by atoms with Crippen molar-refractivity contribution in [3.05, 3.63) is 164 Å². The summed E-state index contributed by atoms with van der Waals surface area (Å²) < 4.78 is 5.39. The van der Waals surface area contributed by atoms with Crippen LogP contribution in [0.3, 0.4) is 0 Å². The predicted octanol–water partition coefficient (Wildman–Crippen LogP) is 13.9. The van der Waals surface area contributed by atoms with Crippen LogP contribution in [0.25, 0.3) is 73.0 Å². The van der Waals surface area contributed by atoms with Crippen LogP contribution in [0.15, 0.2) is 164 Å². The summed E-state index contributed by atoms with van der Waals surface area (Å²) in [7, 11) is 0. The van der Waals surface area contributed by atoms with Crippen LogP contribution in [0, 0.1) is 0 Å². The fourth-order valence-corrected chi connectivity index (χ4v) is 9.86. The second kappa shape index (κ2) is 10.5. The molecule has 0 amide bonds. The number of hydrogen-bond donors (Lipinski definition) is 0. The summed E-state index contributed by atoms with van der Waals surface area (Å²) in [5.41, 5.74) is 5.94. The summed E-state index contributed by atoms with van der Waals surface area (Å²) in [5.74, 6) is 0. The number of hydrogen-bond acceptors (Lipinski definition) is 3. The zero-order valence-corrected chi connectivity index (χ0v) is 27.0. The molecule has 0 N–H and O–H groups in total. The highest BCUT2D eigenvalue weighted by Gasteiger charge is 2.20. The fourth-order valence-electron chi connectivity index (χ4n) is 7.18. The number of nitrogens with zero attached hydrogens (tertiary/aromatic N) is 1. The van der Waals surface area contributed by atoms with E-state index in [1.807, 2.05) is 22.7 Å². The molecule has 0 spiro atoms. The lowest BCUT2D eigenvalue weighted by Crippen LogP contribution is -2.09. The molecule has 10 aromatic rings. The standard InChI is InChI=1S/C44H27NS2/c1-2-12-33(13-3-1)45(34-22-19-29(20-23-34)32-18-17-28-9-4-5-11-31(28)27-32)39-16-8-15-38-41-40(46-43(38)39)26-25-37-36-24-21-30-10-6-7-14-35(30)42(36)47-44(37)41/h1-27H. The summed E-state index contributed by atoms with van der Waals surface area (Å²) in [4.78, 5) is 2.41. The zero-order valence-electron chi connectivity index (χ0n) is 25.4. The largest absolute Gasteiger partial charge is 0.309 e. The van der Waals surface area contributed by atoms with Gasteiger partial charge in [-0.25, -0.2) is 0 Å². The maximum atomic E-state index is 2.41. The first-order valence-electron chi connectivity index (χ1n) is 15.9. The average Bonchev–Trinajstić information content (AvgIpc) is 3.72. The van der Waals surface area contributed by atoms with Crippen molar-refractivity contribution in [1.29, 1.82) is 0 Å². The minimum absolute atomic E-state index is 1.14. The lowest BCUT2D eigenvalue weighted by Gasteiger charge is -2.26. The molecule has 3 heteroatoms. The van der Waals surface area contributed by atoms with Gasteiger partial charge in [0.25, 0.3) is 0 Å². The summed E-state index contributed by atoms with van der Waals surface area (Å²) in [6.07, 6.45) is 0. The van der Waals surface area contributed by atoms with Gasteiger partial charge in [0.05, 0.1) is 10.4 Å². The lowest BCUT2D eigenvalue weighted by molar-refractivity contribution is 1.30. The first-order valence-corrected chi connectivity index (χ1v) is 17.6. The molecule has 0 saturated heterocycles. The smallest absolute Gasteiger partial charge is 0.0640 e. The van der Waals surface area contributed by atoms with Crippen molar-refractivity contribution < 1.29 is 0 Å². The van der Waals surface area contributed by atoms with E-state index in [1.165, 1.54) is 78.7 Å². The Bertz CT molecular complexity index is 2790. The van der Waals surface area contributed by atoms with Crippen LogP contribution in [-0.2, 0) is 0 Å². The second-order valence-electron chi connectivity index (χ2n) is 12.1. The van der Waals surface area contributed by atoms with Gasteiger partial charge in [-0.1, -0.05) is 121 Å². The van der Waals surface area contributed by atoms with Crippen molar-refractivity contribution in [2.45, 2.75) is 0 Å². The van der Waals surface area contributed by atoms with Crippen molar-refractivity contribution in [3.63, 3.8) is 0 Å². The van der Waals surface area contributed by atoms with Crippen LogP contribution in [0.5, 0.6) is 0 Å². The van der Waals surface area contributed by atoms with Crippen LogP contribution in [0.2, 0.25) is 0 Å². The molecule has 2 aromatic heterocycles. The SMILES string of the molecule is c1ccc(N(c2ccc(-c3ccc4ccccc4c3)cc2)c2cccc3c2sc2ccc4c5ccc6ccccc6c5sc4c23)cc1. The van der Waals surface area contributed by atoms with E-state index >= 15 is 0 Å². The van der Waals surface area contributed by atoms with Gasteiger partial charge in [-0.05, 0) is 75.1 Å². The Morgan fingerprint density at radius 2 is 1.02 bits per heavy atom. The fraction of sp³-hybridized carbons (Fsp3) is 0. The molecule has 2 heterocycles. The first-order chi connectivity index (χ1) is 23.3. The summed E-state index contributed by atoms with van der Waals surface area (Å²) in [6, 6.07) is 59.9. The third kappa shape index (κ3) is 4.21. The molecule has 47 heavy (non-hydrogen) atoms. The maximum absolute atomic E-state index is 2.41. The van der Waals surface area contributed by atoms with Crippen molar-refractivity contribution >= 4 is 102 Å². The molecule has 1 nitrogen and oxygen atoms in total. The van der Waals surface area contributed by atoms with Crippen LogP contribution >= 0.6 is 22.7 Å². The lowest BCUT2D eigenvalue weighted by atomic mass is 10.0. The molecule has 0 fully saturated rings. The zero-order chi connectivity index (χ0) is 30.9. The van der Waals surface area contributed by atoms with Gasteiger partial charge in [0.1, 0.15) is 0 Å². The Labute approximate surface area is 280 Å². The Kier molecular flexibility index (Phi) is 5.98. The Morgan fingerprint density at radius 3 is 1.89 bits per heavy atom. The van der Waals surface area contributed by atoms with Gasteiger partial charge in [0.15, 0.2) is 0 Å². The number of para-hydroxylation sites is 1. The van der Waals surface area contributed by atoms with E-state index in [4.69, 9.17) is 0 Å². The van der Waals surface area contributed by atoms with Gasteiger partial charge in [-0.3, -0.25) is 0 Å². The van der Waals surface area contributed by atoms with E-state index in [0.717, 1.165) is 11.4 Å². The van der Waals surface area contributed by atoms with E-state index in [9.17, 15) is 0 Å². The van der Waals surface area contributed by atoms with Gasteiger partial charge in [-0.15, -0.1) is 22.7 Å². The molecule has 0 aliphatic heterocycles. The molecular weight excluding hydrogens is 607 g/mol. The van der Waals surface area contributed by atoms with Crippen LogP contribution in [0.1, 0.15) is 0 Å². The molecule has 0 aliphatic carbocycles. The molecule has 0 bridgehead atoms. The predicted molar refractivity (Wildman–Crippen MR) is 207 cm³/mol. The van der Waals surface area contributed by atoms with E-state index < -0.39 is 0 Å². The Balaban J connectivity index is 1.16. The molecule has 0 radical (unpaired) electrons. The quantitative estimate of drug-likeness (QED) is 0.186. The number of fused-ring (bicyclic) bond motifs is 10. The maximum Gasteiger partial charge on any atom is 0.0640 e. The summed E-state index contributed by atoms with van der Waals surface area (Å²) >= 11 is 3.84. The van der Waals surface area contributed by atoms with E-state index in [0.29, 0.717) is 0 Å². The topological polar surface area (TPSA) is 3.24 Å². The molecule has 0 saturated carbocycles. The Morgan fingerprint density at radius 1 is 0.362 bits per heavy atom. The highest BCUT2D eigenvalue weighted by molar-refractivity contribution is 7.30. The van der Waals surface area contributed by atoms with Crippen molar-refractivity contribution in [1.82, 2.24) is 0 Å². The molecule has 0 atom stereocenters. The molecule has 8 aromatic carbocycles. The van der Waals surface area contributed by atoms with Gasteiger partial charge < -0.3 is 4.90 Å². The second-order valence-corrected chi connectivity index (χ2v) is 14.2. The molecule has 0 aliphatic rings. The van der Waals surface area contributed by atoms with E-state index in [-0.39, 0.29) is 0 Å². The van der Waals surface area contributed by atoms with Crippen LogP contribution in [0.4, 0.5) is 17.1 Å². The third-order valence-corrected chi connectivity index (χ3v) is 11.9. The van der Waals surface area contributed by atoms with Crippen LogP contribution in [-0.4, -0.2) is 0 Å². The van der Waals surface area contributed by atoms with Crippen molar-refractivity contribution in [2.24, 2.45) is 0 Å². The summed E-state index contributed by atoms with van der Waals surface area (Å²) in [6.45, 7) is 0. The number of benzene rings is 8. The van der Waals surface area contributed by atoms with Crippen LogP contribution < -0.4 is 4.90 Å². The monoisotopic (exact) mass is 633 g/mol. The van der Waals surface area contributed by atoms with E-state index in [1.54, 1.807) is 0 Å². The number of rotatable bonds is 4. The van der Waals surface area contributed by atoms with Gasteiger partial charge in [-0.2, -0.15) is 0 Å². The molecule has 220 valence electrons. The van der Waals surface area contributed by atoms with E-state index in [2.05, 4.69) is 169 Å².